The van der Waals surface area contributed by atoms with E-state index in [1.807, 2.05) is 72.2 Å². The molecule has 3 rings (SSSR count). The second kappa shape index (κ2) is 9.65. The summed E-state index contributed by atoms with van der Waals surface area (Å²) in [5.74, 6) is 1.03. The van der Waals surface area contributed by atoms with Crippen molar-refractivity contribution in [2.45, 2.75) is 32.1 Å². The molecule has 2 aromatic rings. The molecule has 0 radical (unpaired) electrons. The van der Waals surface area contributed by atoms with Crippen LogP contribution in [-0.4, -0.2) is 54.9 Å². The summed E-state index contributed by atoms with van der Waals surface area (Å²) < 4.78 is 6.14. The van der Waals surface area contributed by atoms with Crippen LogP contribution in [0.3, 0.4) is 0 Å². The second-order valence-electron chi connectivity index (χ2n) is 8.13. The number of carbonyl (C=O) groups excluding carboxylic acids is 2. The Bertz CT molecular complexity index is 891. The van der Waals surface area contributed by atoms with Crippen molar-refractivity contribution in [1.82, 2.24) is 9.80 Å². The van der Waals surface area contributed by atoms with Crippen LogP contribution in [0.15, 0.2) is 53.0 Å². The maximum Gasteiger partial charge on any atom is 0.232 e. The highest BCUT2D eigenvalue weighted by atomic mass is 79.9. The number of aryl methyl sites for hydroxylation is 1. The van der Waals surface area contributed by atoms with Gasteiger partial charge in [0.1, 0.15) is 5.75 Å². The third-order valence-corrected chi connectivity index (χ3v) is 6.41. The van der Waals surface area contributed by atoms with Gasteiger partial charge in [0.15, 0.2) is 0 Å². The molecule has 1 fully saturated rings. The fraction of sp³-hybridized carbons (Fsp3) is 0.417. The van der Waals surface area contributed by atoms with E-state index in [2.05, 4.69) is 15.9 Å². The lowest BCUT2D eigenvalue weighted by molar-refractivity contribution is -0.142. The summed E-state index contributed by atoms with van der Waals surface area (Å²) in [7, 11) is 1.63. The molecule has 0 spiro atoms. The number of methoxy groups -OCH3 is 1. The summed E-state index contributed by atoms with van der Waals surface area (Å²) in [6.45, 7) is 6.26. The summed E-state index contributed by atoms with van der Waals surface area (Å²) >= 11 is 3.49. The van der Waals surface area contributed by atoms with Gasteiger partial charge in [-0.3, -0.25) is 9.59 Å². The zero-order valence-corrected chi connectivity index (χ0v) is 19.4. The van der Waals surface area contributed by atoms with Crippen molar-refractivity contribution in [3.63, 3.8) is 0 Å². The molecule has 1 aliphatic rings. The third kappa shape index (κ3) is 5.04. The van der Waals surface area contributed by atoms with Crippen molar-refractivity contribution in [1.29, 1.82) is 0 Å². The van der Waals surface area contributed by atoms with Crippen LogP contribution >= 0.6 is 15.9 Å². The average molecular weight is 473 g/mol. The Morgan fingerprint density at radius 3 is 2.23 bits per heavy atom. The quantitative estimate of drug-likeness (QED) is 0.637. The largest absolute Gasteiger partial charge is 0.496 e. The Hall–Kier alpha value is -2.34. The number of halogens is 1. The van der Waals surface area contributed by atoms with Crippen LogP contribution in [-0.2, 0) is 21.4 Å². The van der Waals surface area contributed by atoms with E-state index in [4.69, 9.17) is 4.74 Å². The normalized spacial score (nSPS) is 14.5. The van der Waals surface area contributed by atoms with Crippen molar-refractivity contribution in [3.05, 3.63) is 64.1 Å². The van der Waals surface area contributed by atoms with Crippen molar-refractivity contribution >= 4 is 27.7 Å². The zero-order valence-electron chi connectivity index (χ0n) is 17.9. The molecule has 2 amide bonds. The first-order chi connectivity index (χ1) is 14.3. The summed E-state index contributed by atoms with van der Waals surface area (Å²) in [6, 6.07) is 15.8. The lowest BCUT2D eigenvalue weighted by Crippen LogP contribution is -2.54. The Balaban J connectivity index is 1.51. The third-order valence-electron chi connectivity index (χ3n) is 5.79. The maximum absolute atomic E-state index is 13.1. The minimum absolute atomic E-state index is 0.115. The van der Waals surface area contributed by atoms with Crippen LogP contribution in [0, 0.1) is 0 Å². The fourth-order valence-corrected chi connectivity index (χ4v) is 4.40. The van der Waals surface area contributed by atoms with E-state index >= 15 is 0 Å². The van der Waals surface area contributed by atoms with Gasteiger partial charge >= 0.3 is 0 Å². The van der Waals surface area contributed by atoms with E-state index in [0.29, 0.717) is 39.0 Å². The van der Waals surface area contributed by atoms with Crippen molar-refractivity contribution in [2.75, 3.05) is 33.3 Å². The predicted octanol–water partition coefficient (Wildman–Crippen LogP) is 4.04. The molecule has 1 saturated heterocycles. The second-order valence-corrected chi connectivity index (χ2v) is 8.99. The Kier molecular flexibility index (Phi) is 7.19. The first-order valence-electron chi connectivity index (χ1n) is 10.3. The first kappa shape index (κ1) is 22.3. The summed E-state index contributed by atoms with van der Waals surface area (Å²) in [4.78, 5) is 29.5. The van der Waals surface area contributed by atoms with Gasteiger partial charge in [0.2, 0.25) is 11.8 Å². The molecule has 2 aromatic carbocycles. The minimum Gasteiger partial charge on any atom is -0.496 e. The van der Waals surface area contributed by atoms with Crippen LogP contribution in [0.2, 0.25) is 0 Å². The van der Waals surface area contributed by atoms with E-state index in [0.717, 1.165) is 21.3 Å². The summed E-state index contributed by atoms with van der Waals surface area (Å²) in [6.07, 6.45) is 1.14. The molecule has 0 aromatic heterocycles. The van der Waals surface area contributed by atoms with E-state index in [-0.39, 0.29) is 11.8 Å². The Labute approximate surface area is 187 Å². The molecule has 5 nitrogen and oxygen atoms in total. The molecule has 160 valence electrons. The molecular formula is C24H29BrN2O3. The van der Waals surface area contributed by atoms with Gasteiger partial charge in [-0.2, -0.15) is 0 Å². The summed E-state index contributed by atoms with van der Waals surface area (Å²) in [5.41, 5.74) is 1.53. The molecule has 30 heavy (non-hydrogen) atoms. The molecule has 0 bridgehead atoms. The highest BCUT2D eigenvalue weighted by Crippen LogP contribution is 2.27. The van der Waals surface area contributed by atoms with Crippen molar-refractivity contribution < 1.29 is 14.3 Å². The van der Waals surface area contributed by atoms with Crippen LogP contribution < -0.4 is 4.74 Å². The van der Waals surface area contributed by atoms with E-state index in [9.17, 15) is 9.59 Å². The molecule has 1 aliphatic heterocycles. The molecule has 0 atom stereocenters. The standard InChI is InChI=1S/C24H29BrN2O3/c1-24(2,19-7-5-4-6-8-19)23(29)27-15-13-26(14-16-27)22(28)12-10-18-9-11-21(30-3)20(25)17-18/h4-9,11,17H,10,12-16H2,1-3H3. The van der Waals surface area contributed by atoms with Gasteiger partial charge < -0.3 is 14.5 Å². The SMILES string of the molecule is COc1ccc(CCC(=O)N2CCN(C(=O)C(C)(C)c3ccccc3)CC2)cc1Br. The van der Waals surface area contributed by atoms with E-state index < -0.39 is 5.41 Å². The van der Waals surface area contributed by atoms with Gasteiger partial charge in [0, 0.05) is 32.6 Å². The van der Waals surface area contributed by atoms with Crippen molar-refractivity contribution in [2.24, 2.45) is 0 Å². The van der Waals surface area contributed by atoms with E-state index in [1.54, 1.807) is 7.11 Å². The van der Waals surface area contributed by atoms with Crippen LogP contribution in [0.1, 0.15) is 31.4 Å². The van der Waals surface area contributed by atoms with Gasteiger partial charge in [-0.25, -0.2) is 0 Å². The lowest BCUT2D eigenvalue weighted by Gasteiger charge is -2.39. The molecule has 1 heterocycles. The maximum atomic E-state index is 13.1. The highest BCUT2D eigenvalue weighted by molar-refractivity contribution is 9.10. The Morgan fingerprint density at radius 1 is 1.00 bits per heavy atom. The number of amides is 2. The van der Waals surface area contributed by atoms with Crippen molar-refractivity contribution in [3.8, 4) is 5.75 Å². The number of piperazine rings is 1. The number of nitrogens with zero attached hydrogens (tertiary/aromatic N) is 2. The van der Waals surface area contributed by atoms with E-state index in [1.165, 1.54) is 0 Å². The van der Waals surface area contributed by atoms with Crippen LogP contribution in [0.25, 0.3) is 0 Å². The topological polar surface area (TPSA) is 49.9 Å². The number of hydrogen-bond acceptors (Lipinski definition) is 3. The number of ether oxygens (including phenoxy) is 1. The van der Waals surface area contributed by atoms with Gasteiger partial charge in [-0.05, 0) is 59.5 Å². The number of rotatable bonds is 6. The number of hydrogen-bond donors (Lipinski definition) is 0. The van der Waals surface area contributed by atoms with Crippen LogP contribution in [0.5, 0.6) is 5.75 Å². The first-order valence-corrected chi connectivity index (χ1v) is 11.1. The van der Waals surface area contributed by atoms with Crippen LogP contribution in [0.4, 0.5) is 0 Å². The Morgan fingerprint density at radius 2 is 1.63 bits per heavy atom. The molecule has 0 aliphatic carbocycles. The molecule has 6 heteroatoms. The molecule has 0 N–H and O–H groups in total. The minimum atomic E-state index is -0.574. The van der Waals surface area contributed by atoms with Gasteiger partial charge in [-0.15, -0.1) is 0 Å². The number of carbonyl (C=O) groups is 2. The highest BCUT2D eigenvalue weighted by Gasteiger charge is 2.35. The zero-order chi connectivity index (χ0) is 21.7. The molecule has 0 saturated carbocycles. The van der Waals surface area contributed by atoms with Gasteiger partial charge in [0.25, 0.3) is 0 Å². The smallest absolute Gasteiger partial charge is 0.232 e. The predicted molar refractivity (Wildman–Crippen MR) is 122 cm³/mol. The summed E-state index contributed by atoms with van der Waals surface area (Å²) in [5, 5.41) is 0. The monoisotopic (exact) mass is 472 g/mol. The van der Waals surface area contributed by atoms with Gasteiger partial charge in [-0.1, -0.05) is 36.4 Å². The molecular weight excluding hydrogens is 444 g/mol. The van der Waals surface area contributed by atoms with Gasteiger partial charge in [0.05, 0.1) is 17.0 Å². The average Bonchev–Trinajstić information content (AvgIpc) is 2.77. The molecule has 0 unspecified atom stereocenters. The lowest BCUT2D eigenvalue weighted by atomic mass is 9.83. The fourth-order valence-electron chi connectivity index (χ4n) is 3.81. The number of benzene rings is 2.